The zero-order valence-electron chi connectivity index (χ0n) is 8.41. The predicted octanol–water partition coefficient (Wildman–Crippen LogP) is 0.279. The Bertz CT molecular complexity index is 239. The van der Waals surface area contributed by atoms with Crippen molar-refractivity contribution in [2.75, 3.05) is 0 Å². The maximum absolute atomic E-state index is 10.1. The fourth-order valence-corrected chi connectivity index (χ4v) is 3.09. The Morgan fingerprint density at radius 3 is 2.00 bits per heavy atom. The zero-order valence-corrected chi connectivity index (χ0v) is 8.41. The summed E-state index contributed by atoms with van der Waals surface area (Å²) >= 11 is 0. The smallest absolute Gasteiger partial charge is 0.0913 e. The average Bonchev–Trinajstić information content (AvgIpc) is 1.97. The second-order valence-electron chi connectivity index (χ2n) is 5.46. The van der Waals surface area contributed by atoms with E-state index in [0.717, 1.165) is 0 Å². The van der Waals surface area contributed by atoms with Gasteiger partial charge >= 0.3 is 0 Å². The Balaban J connectivity index is 2.35. The van der Waals surface area contributed by atoms with Crippen LogP contribution in [0.2, 0.25) is 0 Å². The van der Waals surface area contributed by atoms with E-state index in [0.29, 0.717) is 12.8 Å². The van der Waals surface area contributed by atoms with Crippen LogP contribution in [0.3, 0.4) is 0 Å². The minimum Gasteiger partial charge on any atom is -0.390 e. The van der Waals surface area contributed by atoms with Crippen LogP contribution in [-0.2, 0) is 0 Å². The van der Waals surface area contributed by atoms with Gasteiger partial charge in [-0.15, -0.1) is 0 Å². The largest absolute Gasteiger partial charge is 0.390 e. The van der Waals surface area contributed by atoms with Gasteiger partial charge in [-0.2, -0.15) is 0 Å². The summed E-state index contributed by atoms with van der Waals surface area (Å²) in [6, 6.07) is 0. The van der Waals surface area contributed by atoms with Gasteiger partial charge in [0.25, 0.3) is 0 Å². The van der Waals surface area contributed by atoms with Crippen molar-refractivity contribution in [2.45, 2.75) is 50.9 Å². The van der Waals surface area contributed by atoms with E-state index < -0.39 is 17.3 Å². The van der Waals surface area contributed by atoms with Crippen molar-refractivity contribution in [3.8, 4) is 0 Å². The summed E-state index contributed by atoms with van der Waals surface area (Å²) < 4.78 is 0. The summed E-state index contributed by atoms with van der Waals surface area (Å²) in [6.07, 6.45) is 0.123. The summed E-state index contributed by atoms with van der Waals surface area (Å²) in [5.41, 5.74) is -2.07. The Kier molecular flexibility index (Phi) is 1.52. The molecule has 0 aliphatic heterocycles. The molecule has 4 atom stereocenters. The van der Waals surface area contributed by atoms with E-state index in [1.54, 1.807) is 6.92 Å². The van der Waals surface area contributed by atoms with Crippen molar-refractivity contribution >= 4 is 0 Å². The Hall–Kier alpha value is -0.120. The molecule has 0 radical (unpaired) electrons. The molecule has 3 fully saturated rings. The van der Waals surface area contributed by atoms with E-state index in [9.17, 15) is 15.3 Å². The summed E-state index contributed by atoms with van der Waals surface area (Å²) in [5, 5.41) is 29.8. The number of aliphatic hydroxyl groups is 3. The molecule has 0 aromatic rings. The van der Waals surface area contributed by atoms with E-state index in [-0.39, 0.29) is 11.3 Å². The molecule has 0 aromatic heterocycles. The molecule has 3 heteroatoms. The lowest BCUT2D eigenvalue weighted by molar-refractivity contribution is -0.319. The zero-order chi connectivity index (χ0) is 10.1. The van der Waals surface area contributed by atoms with Crippen LogP contribution < -0.4 is 0 Å². The normalized spacial score (nSPS) is 58.6. The van der Waals surface area contributed by atoms with Gasteiger partial charge < -0.3 is 15.3 Å². The van der Waals surface area contributed by atoms with Gasteiger partial charge in [0, 0.05) is 12.3 Å². The van der Waals surface area contributed by atoms with Gasteiger partial charge in [0.2, 0.25) is 0 Å². The van der Waals surface area contributed by atoms with Gasteiger partial charge in [-0.3, -0.25) is 0 Å². The quantitative estimate of drug-likeness (QED) is 0.509. The van der Waals surface area contributed by atoms with Crippen LogP contribution >= 0.6 is 0 Å². The van der Waals surface area contributed by atoms with Gasteiger partial charge in [-0.1, -0.05) is 13.8 Å². The molecule has 3 nitrogen and oxygen atoms in total. The Labute approximate surface area is 78.4 Å². The van der Waals surface area contributed by atoms with Crippen molar-refractivity contribution in [2.24, 2.45) is 11.3 Å². The SMILES string of the molecule is CC1(C)[C@@H]2C[C@@]1(O)C[C@@H](O)[C@@]2(C)O. The second kappa shape index (κ2) is 2.10. The van der Waals surface area contributed by atoms with Gasteiger partial charge in [-0.05, 0) is 18.8 Å². The molecule has 0 amide bonds. The molecule has 76 valence electrons. The molecule has 13 heavy (non-hydrogen) atoms. The third-order valence-electron chi connectivity index (χ3n) is 4.52. The first-order chi connectivity index (χ1) is 5.72. The van der Waals surface area contributed by atoms with E-state index in [1.165, 1.54) is 0 Å². The molecular weight excluding hydrogens is 168 g/mol. The standard InChI is InChI=1S/C10H18O3/c1-8(2)6-4-10(8,13)5-7(11)9(6,3)12/h6-7,11-13H,4-5H2,1-3H3/t6-,7+,9-,10+/m0/s1. The summed E-state index contributed by atoms with van der Waals surface area (Å²) in [4.78, 5) is 0. The molecule has 0 aromatic carbocycles. The topological polar surface area (TPSA) is 60.7 Å². The van der Waals surface area contributed by atoms with Crippen LogP contribution in [0.4, 0.5) is 0 Å². The van der Waals surface area contributed by atoms with Crippen LogP contribution in [0.5, 0.6) is 0 Å². The minimum atomic E-state index is -1.03. The van der Waals surface area contributed by atoms with Crippen molar-refractivity contribution < 1.29 is 15.3 Å². The number of fused-ring (bicyclic) bond motifs is 2. The molecule has 3 aliphatic rings. The van der Waals surface area contributed by atoms with Crippen molar-refractivity contribution in [1.82, 2.24) is 0 Å². The van der Waals surface area contributed by atoms with E-state index >= 15 is 0 Å². The van der Waals surface area contributed by atoms with Crippen LogP contribution in [0, 0.1) is 11.3 Å². The second-order valence-corrected chi connectivity index (χ2v) is 5.46. The number of hydrogen-bond acceptors (Lipinski definition) is 3. The van der Waals surface area contributed by atoms with Crippen LogP contribution in [0.1, 0.15) is 33.6 Å². The highest BCUT2D eigenvalue weighted by Crippen LogP contribution is 2.64. The fourth-order valence-electron chi connectivity index (χ4n) is 3.09. The summed E-state index contributed by atoms with van der Waals surface area (Å²) in [5.74, 6) is 0.00810. The van der Waals surface area contributed by atoms with Crippen LogP contribution in [0.15, 0.2) is 0 Å². The average molecular weight is 186 g/mol. The molecule has 3 rings (SSSR count). The molecular formula is C10H18O3. The highest BCUT2D eigenvalue weighted by atomic mass is 16.4. The number of aliphatic hydroxyl groups excluding tert-OH is 1. The van der Waals surface area contributed by atoms with Gasteiger partial charge in [0.1, 0.15) is 0 Å². The van der Waals surface area contributed by atoms with Gasteiger partial charge in [0.05, 0.1) is 17.3 Å². The maximum atomic E-state index is 10.1. The molecule has 3 saturated carbocycles. The fraction of sp³-hybridized carbons (Fsp3) is 1.00. The van der Waals surface area contributed by atoms with E-state index in [2.05, 4.69) is 0 Å². The Morgan fingerprint density at radius 1 is 1.08 bits per heavy atom. The molecule has 3 N–H and O–H groups in total. The highest BCUT2D eigenvalue weighted by Gasteiger charge is 2.70. The molecule has 3 aliphatic carbocycles. The lowest BCUT2D eigenvalue weighted by Crippen LogP contribution is -2.75. The first-order valence-corrected chi connectivity index (χ1v) is 4.85. The Morgan fingerprint density at radius 2 is 1.62 bits per heavy atom. The number of rotatable bonds is 0. The third-order valence-corrected chi connectivity index (χ3v) is 4.52. The lowest BCUT2D eigenvalue weighted by atomic mass is 9.41. The van der Waals surface area contributed by atoms with Crippen molar-refractivity contribution in [3.63, 3.8) is 0 Å². The highest BCUT2D eigenvalue weighted by molar-refractivity contribution is 5.20. The first kappa shape index (κ1) is 9.44. The van der Waals surface area contributed by atoms with Crippen LogP contribution in [-0.4, -0.2) is 32.6 Å². The first-order valence-electron chi connectivity index (χ1n) is 4.85. The predicted molar refractivity (Wildman–Crippen MR) is 48.1 cm³/mol. The van der Waals surface area contributed by atoms with E-state index in [4.69, 9.17) is 0 Å². The molecule has 0 heterocycles. The number of hydrogen-bond donors (Lipinski definition) is 3. The summed E-state index contributed by atoms with van der Waals surface area (Å²) in [7, 11) is 0. The molecule has 0 spiro atoms. The maximum Gasteiger partial charge on any atom is 0.0913 e. The molecule has 0 unspecified atom stereocenters. The third kappa shape index (κ3) is 0.853. The van der Waals surface area contributed by atoms with Gasteiger partial charge in [-0.25, -0.2) is 0 Å². The molecule has 0 saturated heterocycles. The van der Waals surface area contributed by atoms with Crippen molar-refractivity contribution in [1.29, 1.82) is 0 Å². The van der Waals surface area contributed by atoms with Crippen molar-refractivity contribution in [3.05, 3.63) is 0 Å². The monoisotopic (exact) mass is 186 g/mol. The lowest BCUT2D eigenvalue weighted by Gasteiger charge is -2.68. The summed E-state index contributed by atoms with van der Waals surface area (Å²) in [6.45, 7) is 5.59. The minimum absolute atomic E-state index is 0.00810. The van der Waals surface area contributed by atoms with Crippen LogP contribution in [0.25, 0.3) is 0 Å². The molecule has 2 bridgehead atoms. The van der Waals surface area contributed by atoms with E-state index in [1.807, 2.05) is 13.8 Å². The van der Waals surface area contributed by atoms with Gasteiger partial charge in [0.15, 0.2) is 0 Å².